The van der Waals surface area contributed by atoms with Gasteiger partial charge in [-0.2, -0.15) is 0 Å². The van der Waals surface area contributed by atoms with E-state index in [0.29, 0.717) is 30.9 Å². The first-order valence-electron chi connectivity index (χ1n) is 8.61. The van der Waals surface area contributed by atoms with Gasteiger partial charge in [-0.25, -0.2) is 4.79 Å². The van der Waals surface area contributed by atoms with Gasteiger partial charge in [0, 0.05) is 18.2 Å². The van der Waals surface area contributed by atoms with Gasteiger partial charge >= 0.3 is 6.03 Å². The third-order valence-electron chi connectivity index (χ3n) is 4.22. The first-order valence-corrected chi connectivity index (χ1v) is 8.61. The third-order valence-corrected chi connectivity index (χ3v) is 4.22. The molecule has 1 atom stereocenters. The Labute approximate surface area is 154 Å². The van der Waals surface area contributed by atoms with E-state index in [-0.39, 0.29) is 12.1 Å². The van der Waals surface area contributed by atoms with Crippen molar-refractivity contribution in [1.29, 1.82) is 0 Å². The van der Waals surface area contributed by atoms with Gasteiger partial charge in [-0.05, 0) is 51.3 Å². The van der Waals surface area contributed by atoms with Crippen molar-refractivity contribution in [3.05, 3.63) is 40.8 Å². The standard InChI is InChI=1S/C19H27N3O4/c1-12(10-16-13(2)22-26-14(16)3)21-19(23)20-9-8-15-6-7-17(24-4)18(11-15)25-5/h6-7,11-12H,8-10H2,1-5H3,(H2,20,21,23). The number of hydrogen-bond acceptors (Lipinski definition) is 5. The van der Waals surface area contributed by atoms with Crippen molar-refractivity contribution < 1.29 is 18.8 Å². The number of aromatic nitrogens is 1. The maximum Gasteiger partial charge on any atom is 0.315 e. The van der Waals surface area contributed by atoms with Crippen LogP contribution in [0.2, 0.25) is 0 Å². The molecule has 2 N–H and O–H groups in total. The number of amides is 2. The number of rotatable bonds is 8. The number of methoxy groups -OCH3 is 2. The summed E-state index contributed by atoms with van der Waals surface area (Å²) < 4.78 is 15.7. The molecule has 0 fully saturated rings. The van der Waals surface area contributed by atoms with Gasteiger partial charge in [-0.1, -0.05) is 11.2 Å². The summed E-state index contributed by atoms with van der Waals surface area (Å²) in [5.41, 5.74) is 2.97. The lowest BCUT2D eigenvalue weighted by Gasteiger charge is -2.15. The van der Waals surface area contributed by atoms with Crippen LogP contribution in [0.15, 0.2) is 22.7 Å². The van der Waals surface area contributed by atoms with Crippen LogP contribution < -0.4 is 20.1 Å². The second-order valence-electron chi connectivity index (χ2n) is 6.25. The second-order valence-corrected chi connectivity index (χ2v) is 6.25. The summed E-state index contributed by atoms with van der Waals surface area (Å²) in [4.78, 5) is 12.1. The number of hydrogen-bond donors (Lipinski definition) is 2. The molecule has 7 heteroatoms. The zero-order chi connectivity index (χ0) is 19.1. The molecule has 7 nitrogen and oxygen atoms in total. The van der Waals surface area contributed by atoms with Crippen LogP contribution in [-0.4, -0.2) is 38.0 Å². The maximum absolute atomic E-state index is 12.1. The Morgan fingerprint density at radius 2 is 1.96 bits per heavy atom. The van der Waals surface area contributed by atoms with E-state index < -0.39 is 0 Å². The summed E-state index contributed by atoms with van der Waals surface area (Å²) >= 11 is 0. The van der Waals surface area contributed by atoms with Crippen molar-refractivity contribution in [2.24, 2.45) is 0 Å². The highest BCUT2D eigenvalue weighted by molar-refractivity contribution is 5.74. The van der Waals surface area contributed by atoms with E-state index in [1.54, 1.807) is 14.2 Å². The summed E-state index contributed by atoms with van der Waals surface area (Å²) in [5, 5.41) is 9.75. The number of aryl methyl sites for hydroxylation is 2. The van der Waals surface area contributed by atoms with E-state index in [0.717, 1.165) is 22.6 Å². The molecule has 1 aromatic carbocycles. The van der Waals surface area contributed by atoms with Crippen LogP contribution in [0.25, 0.3) is 0 Å². The van der Waals surface area contributed by atoms with Crippen molar-refractivity contribution >= 4 is 6.03 Å². The molecule has 0 radical (unpaired) electrons. The Bertz CT molecular complexity index is 723. The predicted molar refractivity (Wildman–Crippen MR) is 98.9 cm³/mol. The largest absolute Gasteiger partial charge is 0.493 e. The van der Waals surface area contributed by atoms with Gasteiger partial charge in [0.05, 0.1) is 19.9 Å². The zero-order valence-corrected chi connectivity index (χ0v) is 16.0. The monoisotopic (exact) mass is 361 g/mol. The third kappa shape index (κ3) is 5.15. The SMILES string of the molecule is COc1ccc(CCNC(=O)NC(C)Cc2c(C)noc2C)cc1OC. The first-order chi connectivity index (χ1) is 12.4. The topological polar surface area (TPSA) is 85.6 Å². The molecule has 0 bridgehead atoms. The van der Waals surface area contributed by atoms with Gasteiger partial charge in [0.15, 0.2) is 11.5 Å². The molecule has 2 aromatic rings. The van der Waals surface area contributed by atoms with Gasteiger partial charge < -0.3 is 24.6 Å². The quantitative estimate of drug-likeness (QED) is 0.755. The smallest absolute Gasteiger partial charge is 0.315 e. The summed E-state index contributed by atoms with van der Waals surface area (Å²) in [6.07, 6.45) is 1.39. The maximum atomic E-state index is 12.1. The van der Waals surface area contributed by atoms with E-state index in [4.69, 9.17) is 14.0 Å². The molecule has 26 heavy (non-hydrogen) atoms. The van der Waals surface area contributed by atoms with E-state index in [1.165, 1.54) is 0 Å². The van der Waals surface area contributed by atoms with Gasteiger partial charge in [-0.3, -0.25) is 0 Å². The van der Waals surface area contributed by atoms with Crippen molar-refractivity contribution in [2.45, 2.75) is 39.7 Å². The Morgan fingerprint density at radius 1 is 1.23 bits per heavy atom. The van der Waals surface area contributed by atoms with E-state index in [9.17, 15) is 4.79 Å². The summed E-state index contributed by atoms with van der Waals surface area (Å²) in [5.74, 6) is 2.17. The molecule has 0 aliphatic heterocycles. The number of ether oxygens (including phenoxy) is 2. The fraction of sp³-hybridized carbons (Fsp3) is 0.474. The minimum atomic E-state index is -0.190. The molecule has 0 spiro atoms. The Balaban J connectivity index is 1.78. The lowest BCUT2D eigenvalue weighted by molar-refractivity contribution is 0.238. The highest BCUT2D eigenvalue weighted by Crippen LogP contribution is 2.27. The molecule has 142 valence electrons. The van der Waals surface area contributed by atoms with Crippen molar-refractivity contribution in [3.63, 3.8) is 0 Å². The number of carbonyl (C=O) groups excluding carboxylic acids is 1. The molecular formula is C19H27N3O4. The molecule has 2 rings (SSSR count). The van der Waals surface area contributed by atoms with Crippen LogP contribution in [0.3, 0.4) is 0 Å². The van der Waals surface area contributed by atoms with Crippen LogP contribution in [0.4, 0.5) is 4.79 Å². The van der Waals surface area contributed by atoms with Crippen LogP contribution in [0, 0.1) is 13.8 Å². The minimum absolute atomic E-state index is 0.0205. The first kappa shape index (κ1) is 19.6. The summed E-state index contributed by atoms with van der Waals surface area (Å²) in [7, 11) is 3.21. The van der Waals surface area contributed by atoms with Crippen LogP contribution in [-0.2, 0) is 12.8 Å². The molecule has 1 unspecified atom stereocenters. The Hall–Kier alpha value is -2.70. The fourth-order valence-electron chi connectivity index (χ4n) is 2.78. The predicted octanol–water partition coefficient (Wildman–Crippen LogP) is 2.78. The van der Waals surface area contributed by atoms with E-state index in [1.807, 2.05) is 39.0 Å². The molecule has 1 aromatic heterocycles. The molecular weight excluding hydrogens is 334 g/mol. The van der Waals surface area contributed by atoms with Crippen molar-refractivity contribution in [1.82, 2.24) is 15.8 Å². The lowest BCUT2D eigenvalue weighted by atomic mass is 10.1. The molecule has 1 heterocycles. The Kier molecular flexibility index (Phi) is 6.89. The van der Waals surface area contributed by atoms with Gasteiger partial charge in [-0.15, -0.1) is 0 Å². The number of nitrogens with one attached hydrogen (secondary N) is 2. The van der Waals surface area contributed by atoms with E-state index >= 15 is 0 Å². The average Bonchev–Trinajstić information content (AvgIpc) is 2.93. The van der Waals surface area contributed by atoms with Gasteiger partial charge in [0.25, 0.3) is 0 Å². The molecule has 0 saturated carbocycles. The normalized spacial score (nSPS) is 11.7. The molecule has 2 amide bonds. The summed E-state index contributed by atoms with van der Waals surface area (Å²) in [6.45, 7) is 6.27. The van der Waals surface area contributed by atoms with Crippen LogP contribution in [0.1, 0.15) is 29.5 Å². The minimum Gasteiger partial charge on any atom is -0.493 e. The Morgan fingerprint density at radius 3 is 2.58 bits per heavy atom. The number of urea groups is 1. The second kappa shape index (κ2) is 9.12. The van der Waals surface area contributed by atoms with Gasteiger partial charge in [0.1, 0.15) is 5.76 Å². The van der Waals surface area contributed by atoms with Crippen molar-refractivity contribution in [2.75, 3.05) is 20.8 Å². The zero-order valence-electron chi connectivity index (χ0n) is 16.0. The fourth-order valence-corrected chi connectivity index (χ4v) is 2.78. The number of nitrogens with zero attached hydrogens (tertiary/aromatic N) is 1. The van der Waals surface area contributed by atoms with Crippen LogP contribution in [0.5, 0.6) is 11.5 Å². The summed E-state index contributed by atoms with van der Waals surface area (Å²) in [6, 6.07) is 5.53. The lowest BCUT2D eigenvalue weighted by Crippen LogP contribution is -2.42. The van der Waals surface area contributed by atoms with Gasteiger partial charge in [0.2, 0.25) is 0 Å². The van der Waals surface area contributed by atoms with E-state index in [2.05, 4.69) is 15.8 Å². The molecule has 0 saturated heterocycles. The number of benzene rings is 1. The average molecular weight is 361 g/mol. The van der Waals surface area contributed by atoms with Crippen LogP contribution >= 0.6 is 0 Å². The highest BCUT2D eigenvalue weighted by atomic mass is 16.5. The highest BCUT2D eigenvalue weighted by Gasteiger charge is 2.14. The molecule has 0 aliphatic carbocycles. The molecule has 0 aliphatic rings. The number of carbonyl (C=O) groups is 1. The van der Waals surface area contributed by atoms with Crippen molar-refractivity contribution in [3.8, 4) is 11.5 Å².